The van der Waals surface area contributed by atoms with Gasteiger partial charge >= 0.3 is 6.18 Å². The van der Waals surface area contributed by atoms with Crippen molar-refractivity contribution >= 4 is 28.8 Å². The predicted molar refractivity (Wildman–Crippen MR) is 112 cm³/mol. The maximum absolute atomic E-state index is 14.9. The number of anilines is 2. The number of benzene rings is 2. The van der Waals surface area contributed by atoms with Crippen LogP contribution in [0.4, 0.5) is 33.5 Å². The number of fused-ring (bicyclic) bond motifs is 1. The molecule has 0 bridgehead atoms. The minimum atomic E-state index is -4.76. The lowest BCUT2D eigenvalue weighted by molar-refractivity contribution is -0.141. The number of rotatable bonds is 4. The van der Waals surface area contributed by atoms with Crippen molar-refractivity contribution in [3.63, 3.8) is 0 Å². The fourth-order valence-corrected chi connectivity index (χ4v) is 3.68. The summed E-state index contributed by atoms with van der Waals surface area (Å²) in [7, 11) is 1.24. The van der Waals surface area contributed by atoms with Crippen LogP contribution in [0.5, 0.6) is 5.75 Å². The van der Waals surface area contributed by atoms with Crippen molar-refractivity contribution in [3.05, 3.63) is 76.4 Å². The van der Waals surface area contributed by atoms with Crippen LogP contribution in [-0.4, -0.2) is 16.5 Å². The predicted octanol–water partition coefficient (Wildman–Crippen LogP) is 7.01. The third kappa shape index (κ3) is 3.73. The number of nitrogens with one attached hydrogen (secondary N) is 1. The van der Waals surface area contributed by atoms with Crippen molar-refractivity contribution in [2.75, 3.05) is 12.4 Å². The highest BCUT2D eigenvalue weighted by Gasteiger charge is 2.36. The molecular weight excluding hydrogens is 453 g/mol. The number of aromatic nitrogens is 2. The highest BCUT2D eigenvalue weighted by Crippen LogP contribution is 2.41. The van der Waals surface area contributed by atoms with Crippen LogP contribution < -0.4 is 10.1 Å². The Morgan fingerprint density at radius 3 is 2.28 bits per heavy atom. The molecule has 4 aromatic rings. The van der Waals surface area contributed by atoms with E-state index in [0.29, 0.717) is 5.56 Å². The first kappa shape index (κ1) is 21.9. The first-order valence-corrected chi connectivity index (χ1v) is 9.63. The fraction of sp³-hybridized carbons (Fsp3) is 0.136. The standard InChI is InChI=1S/C22H15ClF5N3O/c1-11-5-3-6-13(23)19(11)30-21-20(18-14(24)9-12(32-2)10-15(18)25)29-17-8-4-7-16(31(17)21)22(26,27)28/h3-10,30H,1-2H3. The Bertz CT molecular complexity index is 1290. The molecule has 2 aromatic carbocycles. The highest BCUT2D eigenvalue weighted by atomic mass is 35.5. The number of halogens is 6. The quantitative estimate of drug-likeness (QED) is 0.328. The largest absolute Gasteiger partial charge is 0.497 e. The van der Waals surface area contributed by atoms with Gasteiger partial charge in [-0.1, -0.05) is 29.8 Å². The van der Waals surface area contributed by atoms with Crippen molar-refractivity contribution < 1.29 is 26.7 Å². The van der Waals surface area contributed by atoms with Gasteiger partial charge in [-0.3, -0.25) is 4.40 Å². The molecule has 0 aliphatic carbocycles. The maximum atomic E-state index is 14.9. The van der Waals surface area contributed by atoms with Crippen molar-refractivity contribution in [3.8, 4) is 17.0 Å². The zero-order chi connectivity index (χ0) is 23.2. The Kier molecular flexibility index (Phi) is 5.46. The van der Waals surface area contributed by atoms with Gasteiger partial charge in [0.1, 0.15) is 40.2 Å². The van der Waals surface area contributed by atoms with E-state index in [2.05, 4.69) is 10.3 Å². The average molecular weight is 468 g/mol. The molecule has 0 unspecified atom stereocenters. The number of methoxy groups -OCH3 is 1. The average Bonchev–Trinajstić information content (AvgIpc) is 3.07. The van der Waals surface area contributed by atoms with Crippen LogP contribution in [0.1, 0.15) is 11.3 Å². The topological polar surface area (TPSA) is 38.6 Å². The van der Waals surface area contributed by atoms with Gasteiger partial charge < -0.3 is 10.1 Å². The van der Waals surface area contributed by atoms with Crippen LogP contribution in [0, 0.1) is 18.6 Å². The Labute approximate surface area is 184 Å². The first-order chi connectivity index (χ1) is 15.1. The molecule has 0 aliphatic heterocycles. The minimum Gasteiger partial charge on any atom is -0.497 e. The summed E-state index contributed by atoms with van der Waals surface area (Å²) >= 11 is 6.25. The van der Waals surface area contributed by atoms with Gasteiger partial charge in [0.05, 0.1) is 23.4 Å². The van der Waals surface area contributed by atoms with Crippen molar-refractivity contribution in [2.45, 2.75) is 13.1 Å². The second kappa shape index (κ2) is 7.98. The molecule has 4 nitrogen and oxygen atoms in total. The SMILES string of the molecule is COc1cc(F)c(-c2nc3cccc(C(F)(F)F)n3c2Nc2c(C)cccc2Cl)c(F)c1. The van der Waals surface area contributed by atoms with Gasteiger partial charge in [-0.2, -0.15) is 13.2 Å². The lowest BCUT2D eigenvalue weighted by atomic mass is 10.1. The number of nitrogens with zero attached hydrogens (tertiary/aromatic N) is 2. The number of imidazole rings is 1. The number of alkyl halides is 3. The van der Waals surface area contributed by atoms with Crippen molar-refractivity contribution in [1.29, 1.82) is 0 Å². The fourth-order valence-electron chi connectivity index (χ4n) is 3.41. The summed E-state index contributed by atoms with van der Waals surface area (Å²) in [5, 5.41) is 3.04. The van der Waals surface area contributed by atoms with Crippen LogP contribution in [0.2, 0.25) is 5.02 Å². The lowest BCUT2D eigenvalue weighted by Crippen LogP contribution is -2.13. The summed E-state index contributed by atoms with van der Waals surface area (Å²) in [5.74, 6) is -2.46. The Morgan fingerprint density at radius 1 is 1.03 bits per heavy atom. The number of aryl methyl sites for hydroxylation is 1. The van der Waals surface area contributed by atoms with Gasteiger partial charge in [0.15, 0.2) is 0 Å². The van der Waals surface area contributed by atoms with E-state index in [1.807, 2.05) is 0 Å². The van der Waals surface area contributed by atoms with E-state index in [0.717, 1.165) is 22.6 Å². The van der Waals surface area contributed by atoms with E-state index in [4.69, 9.17) is 16.3 Å². The lowest BCUT2D eigenvalue weighted by Gasteiger charge is -2.16. The molecule has 4 rings (SSSR count). The summed E-state index contributed by atoms with van der Waals surface area (Å²) in [6.45, 7) is 1.69. The van der Waals surface area contributed by atoms with Crippen LogP contribution in [0.25, 0.3) is 16.9 Å². The summed E-state index contributed by atoms with van der Waals surface area (Å²) in [4.78, 5) is 4.13. The van der Waals surface area contributed by atoms with E-state index >= 15 is 0 Å². The van der Waals surface area contributed by atoms with Crippen LogP contribution in [0.15, 0.2) is 48.5 Å². The van der Waals surface area contributed by atoms with E-state index < -0.39 is 29.1 Å². The van der Waals surface area contributed by atoms with E-state index in [1.165, 1.54) is 19.2 Å². The molecule has 32 heavy (non-hydrogen) atoms. The molecule has 0 amide bonds. The summed E-state index contributed by atoms with van der Waals surface area (Å²) in [6, 6.07) is 10.1. The zero-order valence-corrected chi connectivity index (χ0v) is 17.4. The van der Waals surface area contributed by atoms with Gasteiger partial charge in [0, 0.05) is 12.1 Å². The molecule has 2 aromatic heterocycles. The monoisotopic (exact) mass is 467 g/mol. The molecule has 0 atom stereocenters. The van der Waals surface area contributed by atoms with E-state index in [9.17, 15) is 22.0 Å². The van der Waals surface area contributed by atoms with Gasteiger partial charge in [-0.05, 0) is 30.7 Å². The number of para-hydroxylation sites is 1. The highest BCUT2D eigenvalue weighted by molar-refractivity contribution is 6.33. The van der Waals surface area contributed by atoms with Crippen molar-refractivity contribution in [1.82, 2.24) is 9.38 Å². The van der Waals surface area contributed by atoms with E-state index in [1.54, 1.807) is 25.1 Å². The van der Waals surface area contributed by atoms with Gasteiger partial charge in [0.2, 0.25) is 0 Å². The number of hydrogen-bond donors (Lipinski definition) is 1. The van der Waals surface area contributed by atoms with Gasteiger partial charge in [-0.15, -0.1) is 0 Å². The summed E-state index contributed by atoms with van der Waals surface area (Å²) in [6.07, 6.45) is -4.76. The second-order valence-electron chi connectivity index (χ2n) is 6.93. The first-order valence-electron chi connectivity index (χ1n) is 9.26. The van der Waals surface area contributed by atoms with Crippen molar-refractivity contribution in [2.24, 2.45) is 0 Å². The molecule has 0 aliphatic rings. The second-order valence-corrected chi connectivity index (χ2v) is 7.34. The van der Waals surface area contributed by atoms with Crippen LogP contribution >= 0.6 is 11.6 Å². The Balaban J connectivity index is 2.08. The van der Waals surface area contributed by atoms with Crippen LogP contribution in [0.3, 0.4) is 0 Å². The summed E-state index contributed by atoms with van der Waals surface area (Å²) < 4.78 is 76.8. The zero-order valence-electron chi connectivity index (χ0n) is 16.7. The molecule has 2 heterocycles. The van der Waals surface area contributed by atoms with Gasteiger partial charge in [0.25, 0.3) is 0 Å². The molecule has 0 saturated heterocycles. The normalized spacial score (nSPS) is 11.8. The number of hydrogen-bond acceptors (Lipinski definition) is 3. The molecule has 0 radical (unpaired) electrons. The Hall–Kier alpha value is -3.33. The molecule has 0 fully saturated rings. The smallest absolute Gasteiger partial charge is 0.431 e. The number of pyridine rings is 1. The molecule has 166 valence electrons. The molecular formula is C22H15ClF5N3O. The molecule has 1 N–H and O–H groups in total. The van der Waals surface area contributed by atoms with E-state index in [-0.39, 0.29) is 33.6 Å². The molecule has 0 saturated carbocycles. The number of ether oxygens (including phenoxy) is 1. The third-order valence-electron chi connectivity index (χ3n) is 4.89. The maximum Gasteiger partial charge on any atom is 0.431 e. The minimum absolute atomic E-state index is 0.0834. The van der Waals surface area contributed by atoms with Crippen LogP contribution in [-0.2, 0) is 6.18 Å². The Morgan fingerprint density at radius 2 is 1.69 bits per heavy atom. The molecule has 0 spiro atoms. The summed E-state index contributed by atoms with van der Waals surface area (Å²) in [5.41, 5.74) is -1.29. The van der Waals surface area contributed by atoms with Gasteiger partial charge in [-0.25, -0.2) is 13.8 Å². The molecule has 10 heteroatoms. The third-order valence-corrected chi connectivity index (χ3v) is 5.20.